The molecule has 25 heavy (non-hydrogen) atoms. The lowest BCUT2D eigenvalue weighted by Gasteiger charge is -2.26. The molecule has 0 atom stereocenters. The maximum absolute atomic E-state index is 12.6. The second-order valence-corrected chi connectivity index (χ2v) is 6.71. The molecule has 3 heterocycles. The van der Waals surface area contributed by atoms with Crippen molar-refractivity contribution in [1.82, 2.24) is 14.5 Å². The van der Waals surface area contributed by atoms with E-state index in [1.165, 1.54) is 17.8 Å². The van der Waals surface area contributed by atoms with Crippen LogP contribution < -0.4 is 4.74 Å². The van der Waals surface area contributed by atoms with Gasteiger partial charge in [-0.3, -0.25) is 4.79 Å². The van der Waals surface area contributed by atoms with Crippen molar-refractivity contribution in [3.05, 3.63) is 47.4 Å². The van der Waals surface area contributed by atoms with Gasteiger partial charge in [-0.05, 0) is 57.7 Å². The summed E-state index contributed by atoms with van der Waals surface area (Å²) in [5.41, 5.74) is 3.21. The standard InChI is InChI=1S/C20H27N3O2/c1-16-7-8-17(2)23(16)13-6-14-25-19-15-18(9-10-21-19)20(24)22-11-4-3-5-12-22/h7-10,15H,3-6,11-14H2,1-2H3. The summed E-state index contributed by atoms with van der Waals surface area (Å²) in [6, 6.07) is 7.81. The topological polar surface area (TPSA) is 47.4 Å². The molecule has 5 nitrogen and oxygen atoms in total. The molecule has 0 spiro atoms. The number of ether oxygens (including phenoxy) is 1. The van der Waals surface area contributed by atoms with Crippen molar-refractivity contribution in [1.29, 1.82) is 0 Å². The third-order valence-corrected chi connectivity index (χ3v) is 4.82. The van der Waals surface area contributed by atoms with Gasteiger partial charge in [0.25, 0.3) is 5.91 Å². The Morgan fingerprint density at radius 2 is 1.84 bits per heavy atom. The maximum atomic E-state index is 12.6. The van der Waals surface area contributed by atoms with E-state index in [9.17, 15) is 4.79 Å². The SMILES string of the molecule is Cc1ccc(C)n1CCCOc1cc(C(=O)N2CCCCC2)ccn1. The van der Waals surface area contributed by atoms with Crippen LogP contribution in [0.5, 0.6) is 5.88 Å². The summed E-state index contributed by atoms with van der Waals surface area (Å²) < 4.78 is 8.05. The Balaban J connectivity index is 1.52. The van der Waals surface area contributed by atoms with Gasteiger partial charge in [-0.2, -0.15) is 0 Å². The van der Waals surface area contributed by atoms with E-state index in [-0.39, 0.29) is 5.91 Å². The van der Waals surface area contributed by atoms with Gasteiger partial charge in [0.2, 0.25) is 5.88 Å². The number of amides is 1. The van der Waals surface area contributed by atoms with Crippen molar-refractivity contribution in [3.63, 3.8) is 0 Å². The van der Waals surface area contributed by atoms with Gasteiger partial charge < -0.3 is 14.2 Å². The predicted molar refractivity (Wildman–Crippen MR) is 98.0 cm³/mol. The molecule has 1 saturated heterocycles. The molecule has 0 unspecified atom stereocenters. The van der Waals surface area contributed by atoms with Crippen molar-refractivity contribution < 1.29 is 9.53 Å². The third kappa shape index (κ3) is 4.41. The lowest BCUT2D eigenvalue weighted by molar-refractivity contribution is 0.0723. The molecule has 0 N–H and O–H groups in total. The van der Waals surface area contributed by atoms with Gasteiger partial charge in [0.05, 0.1) is 6.61 Å². The van der Waals surface area contributed by atoms with E-state index in [1.54, 1.807) is 18.3 Å². The van der Waals surface area contributed by atoms with Gasteiger partial charge in [0.15, 0.2) is 0 Å². The molecule has 1 fully saturated rings. The second kappa shape index (κ2) is 8.19. The monoisotopic (exact) mass is 341 g/mol. The van der Waals surface area contributed by atoms with Crippen LogP contribution in [0.4, 0.5) is 0 Å². The Morgan fingerprint density at radius 3 is 2.56 bits per heavy atom. The fraction of sp³-hybridized carbons (Fsp3) is 0.500. The quantitative estimate of drug-likeness (QED) is 0.754. The average Bonchev–Trinajstić information content (AvgIpc) is 2.97. The minimum Gasteiger partial charge on any atom is -0.478 e. The van der Waals surface area contributed by atoms with Crippen LogP contribution in [-0.2, 0) is 6.54 Å². The number of piperidine rings is 1. The Bertz CT molecular complexity index is 698. The molecule has 1 aliphatic rings. The van der Waals surface area contributed by atoms with E-state index in [1.807, 2.05) is 4.90 Å². The van der Waals surface area contributed by atoms with Gasteiger partial charge in [-0.1, -0.05) is 0 Å². The Labute approximate surface area is 149 Å². The van der Waals surface area contributed by atoms with Gasteiger partial charge in [-0.25, -0.2) is 4.98 Å². The van der Waals surface area contributed by atoms with Crippen LogP contribution in [0.1, 0.15) is 47.4 Å². The molecule has 0 radical (unpaired) electrons. The van der Waals surface area contributed by atoms with E-state index < -0.39 is 0 Å². The zero-order chi connectivity index (χ0) is 17.6. The first kappa shape index (κ1) is 17.5. The minimum atomic E-state index is 0.0885. The molecule has 0 saturated carbocycles. The van der Waals surface area contributed by atoms with Gasteiger partial charge >= 0.3 is 0 Å². The molecule has 0 bridgehead atoms. The largest absolute Gasteiger partial charge is 0.478 e. The highest BCUT2D eigenvalue weighted by molar-refractivity contribution is 5.94. The van der Waals surface area contributed by atoms with Crippen molar-refractivity contribution in [2.75, 3.05) is 19.7 Å². The smallest absolute Gasteiger partial charge is 0.254 e. The molecule has 5 heteroatoms. The summed E-state index contributed by atoms with van der Waals surface area (Å²) >= 11 is 0. The summed E-state index contributed by atoms with van der Waals surface area (Å²) in [5.74, 6) is 0.620. The van der Waals surface area contributed by atoms with Gasteiger partial charge in [0.1, 0.15) is 0 Å². The van der Waals surface area contributed by atoms with E-state index in [2.05, 4.69) is 35.5 Å². The number of hydrogen-bond donors (Lipinski definition) is 0. The molecule has 0 aliphatic carbocycles. The molecule has 2 aromatic rings. The maximum Gasteiger partial charge on any atom is 0.254 e. The van der Waals surface area contributed by atoms with Crippen LogP contribution in [0, 0.1) is 13.8 Å². The summed E-state index contributed by atoms with van der Waals surface area (Å²) in [6.45, 7) is 7.46. The van der Waals surface area contributed by atoms with Crippen molar-refractivity contribution in [3.8, 4) is 5.88 Å². The lowest BCUT2D eigenvalue weighted by Crippen LogP contribution is -2.35. The number of likely N-dealkylation sites (tertiary alicyclic amines) is 1. The van der Waals surface area contributed by atoms with E-state index >= 15 is 0 Å². The van der Waals surface area contributed by atoms with Crippen LogP contribution in [0.3, 0.4) is 0 Å². The van der Waals surface area contributed by atoms with Crippen molar-refractivity contribution >= 4 is 5.91 Å². The molecular formula is C20H27N3O2. The zero-order valence-corrected chi connectivity index (χ0v) is 15.2. The van der Waals surface area contributed by atoms with Crippen molar-refractivity contribution in [2.24, 2.45) is 0 Å². The number of rotatable bonds is 6. The fourth-order valence-electron chi connectivity index (χ4n) is 3.35. The van der Waals surface area contributed by atoms with Crippen LogP contribution >= 0.6 is 0 Å². The fourth-order valence-corrected chi connectivity index (χ4v) is 3.35. The number of hydrogen-bond acceptors (Lipinski definition) is 3. The summed E-state index contributed by atoms with van der Waals surface area (Å²) in [7, 11) is 0. The number of nitrogens with zero attached hydrogens (tertiary/aromatic N) is 3. The van der Waals surface area contributed by atoms with Crippen LogP contribution in [0.15, 0.2) is 30.5 Å². The summed E-state index contributed by atoms with van der Waals surface area (Å²) in [4.78, 5) is 18.7. The molecule has 1 amide bonds. The average molecular weight is 341 g/mol. The van der Waals surface area contributed by atoms with Gasteiger partial charge in [-0.15, -0.1) is 0 Å². The van der Waals surface area contributed by atoms with E-state index in [0.717, 1.165) is 38.9 Å². The van der Waals surface area contributed by atoms with Crippen LogP contribution in [-0.4, -0.2) is 40.1 Å². The number of carbonyl (C=O) groups is 1. The normalized spacial score (nSPS) is 14.6. The molecule has 134 valence electrons. The number of aryl methyl sites for hydroxylation is 2. The number of aromatic nitrogens is 2. The highest BCUT2D eigenvalue weighted by Gasteiger charge is 2.18. The Hall–Kier alpha value is -2.30. The first-order chi connectivity index (χ1) is 12.1. The van der Waals surface area contributed by atoms with Crippen molar-refractivity contribution in [2.45, 2.75) is 46.1 Å². The highest BCUT2D eigenvalue weighted by atomic mass is 16.5. The predicted octanol–water partition coefficient (Wildman–Crippen LogP) is 3.60. The van der Waals surface area contributed by atoms with Crippen LogP contribution in [0.2, 0.25) is 0 Å². The van der Waals surface area contributed by atoms with Crippen LogP contribution in [0.25, 0.3) is 0 Å². The molecular weight excluding hydrogens is 314 g/mol. The Kier molecular flexibility index (Phi) is 5.74. The molecule has 0 aromatic carbocycles. The highest BCUT2D eigenvalue weighted by Crippen LogP contribution is 2.16. The number of carbonyl (C=O) groups excluding carboxylic acids is 1. The third-order valence-electron chi connectivity index (χ3n) is 4.82. The van der Waals surface area contributed by atoms with Gasteiger partial charge in [0, 0.05) is 48.8 Å². The molecule has 1 aliphatic heterocycles. The van der Waals surface area contributed by atoms with E-state index in [4.69, 9.17) is 4.74 Å². The zero-order valence-electron chi connectivity index (χ0n) is 15.2. The number of pyridine rings is 1. The lowest BCUT2D eigenvalue weighted by atomic mass is 10.1. The minimum absolute atomic E-state index is 0.0885. The second-order valence-electron chi connectivity index (χ2n) is 6.71. The summed E-state index contributed by atoms with van der Waals surface area (Å²) in [5, 5.41) is 0. The first-order valence-electron chi connectivity index (χ1n) is 9.16. The molecule has 2 aromatic heterocycles. The Morgan fingerprint density at radius 1 is 1.12 bits per heavy atom. The molecule has 3 rings (SSSR count). The first-order valence-corrected chi connectivity index (χ1v) is 9.16. The summed E-state index contributed by atoms with van der Waals surface area (Å²) in [6.07, 6.45) is 5.97. The van der Waals surface area contributed by atoms with E-state index in [0.29, 0.717) is 18.1 Å².